The minimum Gasteiger partial charge on any atom is -0.348 e. The Morgan fingerprint density at radius 3 is 3.00 bits per heavy atom. The topological polar surface area (TPSA) is 77.6 Å². The molecule has 108 valence electrons. The Hall–Kier alpha value is -2.48. The zero-order valence-electron chi connectivity index (χ0n) is 11.4. The predicted molar refractivity (Wildman–Crippen MR) is 78.0 cm³/mol. The summed E-state index contributed by atoms with van der Waals surface area (Å²) in [6.07, 6.45) is 5.20. The third kappa shape index (κ3) is 3.00. The number of aryl methyl sites for hydroxylation is 1. The molecule has 0 saturated heterocycles. The van der Waals surface area contributed by atoms with E-state index in [0.29, 0.717) is 12.2 Å². The maximum absolute atomic E-state index is 12.0. The van der Waals surface area contributed by atoms with Crippen LogP contribution in [0.1, 0.15) is 21.4 Å². The average molecular weight is 302 g/mol. The third-order valence-electron chi connectivity index (χ3n) is 3.01. The highest BCUT2D eigenvalue weighted by molar-refractivity contribution is 7.10. The standard InChI is InChI=1S/C13H14N6OS/c1-18-9-10(16-17-18)13(20)14-8-11(12-4-2-7-21-12)19-6-3-5-15-19/h2-7,9,11H,8H2,1H3,(H,14,20)/t11-/m0/s1. The van der Waals surface area contributed by atoms with Gasteiger partial charge in [-0.1, -0.05) is 11.3 Å². The van der Waals surface area contributed by atoms with Crippen LogP contribution in [0.5, 0.6) is 0 Å². The van der Waals surface area contributed by atoms with Gasteiger partial charge in [0.1, 0.15) is 6.04 Å². The van der Waals surface area contributed by atoms with Crippen molar-refractivity contribution < 1.29 is 4.79 Å². The number of hydrogen-bond acceptors (Lipinski definition) is 5. The van der Waals surface area contributed by atoms with E-state index in [-0.39, 0.29) is 11.9 Å². The molecule has 0 saturated carbocycles. The van der Waals surface area contributed by atoms with E-state index in [1.165, 1.54) is 4.68 Å². The monoisotopic (exact) mass is 302 g/mol. The predicted octanol–water partition coefficient (Wildman–Crippen LogP) is 1.09. The van der Waals surface area contributed by atoms with Crippen LogP contribution in [0.15, 0.2) is 42.2 Å². The van der Waals surface area contributed by atoms with Crippen LogP contribution < -0.4 is 5.32 Å². The molecule has 7 nitrogen and oxygen atoms in total. The van der Waals surface area contributed by atoms with Gasteiger partial charge in [-0.15, -0.1) is 16.4 Å². The fraction of sp³-hybridized carbons (Fsp3) is 0.231. The largest absolute Gasteiger partial charge is 0.348 e. The first-order valence-corrected chi connectivity index (χ1v) is 7.29. The summed E-state index contributed by atoms with van der Waals surface area (Å²) < 4.78 is 3.34. The lowest BCUT2D eigenvalue weighted by atomic mass is 10.2. The second kappa shape index (κ2) is 5.88. The zero-order valence-corrected chi connectivity index (χ0v) is 12.2. The summed E-state index contributed by atoms with van der Waals surface area (Å²) in [5.41, 5.74) is 0.308. The lowest BCUT2D eigenvalue weighted by Crippen LogP contribution is -2.31. The Labute approximate surface area is 125 Å². The Bertz CT molecular complexity index is 669. The molecule has 3 aromatic rings. The summed E-state index contributed by atoms with van der Waals surface area (Å²) in [5.74, 6) is -0.239. The summed E-state index contributed by atoms with van der Waals surface area (Å²) >= 11 is 1.64. The third-order valence-corrected chi connectivity index (χ3v) is 3.98. The van der Waals surface area contributed by atoms with Gasteiger partial charge in [0.2, 0.25) is 0 Å². The summed E-state index contributed by atoms with van der Waals surface area (Å²) in [6, 6.07) is 5.86. The van der Waals surface area contributed by atoms with Crippen LogP contribution in [-0.2, 0) is 7.05 Å². The van der Waals surface area contributed by atoms with E-state index in [1.807, 2.05) is 34.5 Å². The van der Waals surface area contributed by atoms with Crippen LogP contribution >= 0.6 is 11.3 Å². The summed E-state index contributed by atoms with van der Waals surface area (Å²) in [4.78, 5) is 13.2. The van der Waals surface area contributed by atoms with Crippen LogP contribution in [0.2, 0.25) is 0 Å². The molecule has 1 atom stereocenters. The SMILES string of the molecule is Cn1cc(C(=O)NC[C@@H](c2cccs2)n2cccn2)nn1. The van der Waals surface area contributed by atoms with Crippen LogP contribution in [0.4, 0.5) is 0 Å². The van der Waals surface area contributed by atoms with Crippen molar-refractivity contribution in [3.63, 3.8) is 0 Å². The van der Waals surface area contributed by atoms with Crippen molar-refractivity contribution in [2.75, 3.05) is 6.54 Å². The number of rotatable bonds is 5. The van der Waals surface area contributed by atoms with Crippen molar-refractivity contribution in [3.05, 3.63) is 52.7 Å². The smallest absolute Gasteiger partial charge is 0.273 e. The average Bonchev–Trinajstić information content (AvgIpc) is 3.21. The van der Waals surface area contributed by atoms with E-state index in [2.05, 4.69) is 20.7 Å². The number of hydrogen-bond donors (Lipinski definition) is 1. The zero-order chi connectivity index (χ0) is 14.7. The first-order valence-electron chi connectivity index (χ1n) is 6.41. The number of carbonyl (C=O) groups is 1. The van der Waals surface area contributed by atoms with E-state index >= 15 is 0 Å². The number of thiophene rings is 1. The Kier molecular flexibility index (Phi) is 3.78. The normalized spacial score (nSPS) is 12.2. The van der Waals surface area contributed by atoms with Crippen molar-refractivity contribution in [3.8, 4) is 0 Å². The molecule has 3 heterocycles. The first-order chi connectivity index (χ1) is 10.2. The second-order valence-corrected chi connectivity index (χ2v) is 5.48. The maximum atomic E-state index is 12.0. The molecule has 0 aliphatic rings. The number of carbonyl (C=O) groups excluding carboxylic acids is 1. The van der Waals surface area contributed by atoms with E-state index in [1.54, 1.807) is 30.8 Å². The minimum atomic E-state index is -0.239. The quantitative estimate of drug-likeness (QED) is 0.765. The molecule has 8 heteroatoms. The molecule has 3 rings (SSSR count). The van der Waals surface area contributed by atoms with Gasteiger partial charge in [-0.3, -0.25) is 14.2 Å². The van der Waals surface area contributed by atoms with Crippen molar-refractivity contribution in [2.24, 2.45) is 7.05 Å². The van der Waals surface area contributed by atoms with Gasteiger partial charge in [-0.2, -0.15) is 5.10 Å². The number of nitrogens with zero attached hydrogens (tertiary/aromatic N) is 5. The molecule has 0 spiro atoms. The highest BCUT2D eigenvalue weighted by atomic mass is 32.1. The summed E-state index contributed by atoms with van der Waals surface area (Å²) in [6.45, 7) is 0.442. The molecule has 0 aromatic carbocycles. The van der Waals surface area contributed by atoms with Crippen LogP contribution in [0.25, 0.3) is 0 Å². The van der Waals surface area contributed by atoms with Gasteiger partial charge in [0.05, 0.1) is 6.20 Å². The Morgan fingerprint density at radius 1 is 1.48 bits per heavy atom. The molecule has 0 unspecified atom stereocenters. The van der Waals surface area contributed by atoms with Gasteiger partial charge in [0.15, 0.2) is 5.69 Å². The van der Waals surface area contributed by atoms with E-state index < -0.39 is 0 Å². The second-order valence-electron chi connectivity index (χ2n) is 4.50. The molecule has 0 aliphatic carbocycles. The van der Waals surface area contributed by atoms with Gasteiger partial charge in [-0.05, 0) is 17.5 Å². The molecule has 0 radical (unpaired) electrons. The molecular weight excluding hydrogens is 288 g/mol. The number of amides is 1. The number of nitrogens with one attached hydrogen (secondary N) is 1. The van der Waals surface area contributed by atoms with Crippen LogP contribution in [0, 0.1) is 0 Å². The highest BCUT2D eigenvalue weighted by Gasteiger charge is 2.17. The Morgan fingerprint density at radius 2 is 2.38 bits per heavy atom. The van der Waals surface area contributed by atoms with E-state index in [4.69, 9.17) is 0 Å². The summed E-state index contributed by atoms with van der Waals surface area (Å²) in [5, 5.41) is 16.7. The van der Waals surface area contributed by atoms with Gasteiger partial charge in [0, 0.05) is 30.9 Å². The maximum Gasteiger partial charge on any atom is 0.273 e. The molecule has 1 N–H and O–H groups in total. The molecule has 0 bridgehead atoms. The number of aromatic nitrogens is 5. The van der Waals surface area contributed by atoms with Gasteiger partial charge < -0.3 is 5.32 Å². The first kappa shape index (κ1) is 13.5. The minimum absolute atomic E-state index is 0.0272. The Balaban J connectivity index is 1.72. The highest BCUT2D eigenvalue weighted by Crippen LogP contribution is 2.21. The summed E-state index contributed by atoms with van der Waals surface area (Å²) in [7, 11) is 1.72. The van der Waals surface area contributed by atoms with Gasteiger partial charge in [0.25, 0.3) is 5.91 Å². The van der Waals surface area contributed by atoms with Crippen molar-refractivity contribution in [1.82, 2.24) is 30.1 Å². The van der Waals surface area contributed by atoms with Crippen molar-refractivity contribution >= 4 is 17.2 Å². The molecular formula is C13H14N6OS. The van der Waals surface area contributed by atoms with Crippen LogP contribution in [-0.4, -0.2) is 37.2 Å². The molecule has 0 fully saturated rings. The van der Waals surface area contributed by atoms with Gasteiger partial charge >= 0.3 is 0 Å². The fourth-order valence-electron chi connectivity index (χ4n) is 2.00. The van der Waals surface area contributed by atoms with Gasteiger partial charge in [-0.25, -0.2) is 0 Å². The molecule has 1 amide bonds. The lowest BCUT2D eigenvalue weighted by molar-refractivity contribution is 0.0944. The molecule has 21 heavy (non-hydrogen) atoms. The van der Waals surface area contributed by atoms with E-state index in [0.717, 1.165) is 4.88 Å². The van der Waals surface area contributed by atoms with Crippen molar-refractivity contribution in [1.29, 1.82) is 0 Å². The van der Waals surface area contributed by atoms with E-state index in [9.17, 15) is 4.79 Å². The fourth-order valence-corrected chi connectivity index (χ4v) is 2.82. The van der Waals surface area contributed by atoms with Crippen molar-refractivity contribution in [2.45, 2.75) is 6.04 Å². The van der Waals surface area contributed by atoms with Crippen LogP contribution in [0.3, 0.4) is 0 Å². The molecule has 0 aliphatic heterocycles. The lowest BCUT2D eigenvalue weighted by Gasteiger charge is -2.16. The molecule has 3 aromatic heterocycles.